The molecule has 12 heteroatoms. The van der Waals surface area contributed by atoms with Crippen molar-refractivity contribution in [1.82, 2.24) is 0 Å². The van der Waals surface area contributed by atoms with Crippen molar-refractivity contribution in [1.29, 1.82) is 0 Å². The third kappa shape index (κ3) is 17.5. The Bertz CT molecular complexity index is 394. The van der Waals surface area contributed by atoms with Gasteiger partial charge in [0.25, 0.3) is 0 Å². The molecule has 0 saturated carbocycles. The summed E-state index contributed by atoms with van der Waals surface area (Å²) in [6.07, 6.45) is 0.429. The predicted octanol–water partition coefficient (Wildman–Crippen LogP) is -1.81. The van der Waals surface area contributed by atoms with E-state index in [1.54, 1.807) is 13.8 Å². The third-order valence-electron chi connectivity index (χ3n) is 2.09. The van der Waals surface area contributed by atoms with Gasteiger partial charge in [0.15, 0.2) is 0 Å². The van der Waals surface area contributed by atoms with Crippen LogP contribution in [0.15, 0.2) is 10.3 Å². The first-order chi connectivity index (χ1) is 11.1. The fourth-order valence-electron chi connectivity index (χ4n) is 0.901. The molecule has 0 bridgehead atoms. The molecule has 10 N–H and O–H groups in total. The number of carboxylic acids is 2. The average molecular weight is 350 g/mol. The molecule has 2 atom stereocenters. The molecule has 12 nitrogen and oxygen atoms in total. The Hall–Kier alpha value is -2.60. The Morgan fingerprint density at radius 1 is 0.875 bits per heavy atom. The lowest BCUT2D eigenvalue weighted by Crippen LogP contribution is -2.31. The van der Waals surface area contributed by atoms with Gasteiger partial charge in [-0.15, -0.1) is 0 Å². The number of oxime groups is 2. The van der Waals surface area contributed by atoms with Crippen LogP contribution in [0.25, 0.3) is 0 Å². The summed E-state index contributed by atoms with van der Waals surface area (Å²) in [5, 5.41) is 23.5. The number of nitrogens with zero attached hydrogens (tertiary/aromatic N) is 2. The lowest BCUT2D eigenvalue weighted by molar-refractivity contribution is -0.139. The molecule has 0 amide bonds. The Morgan fingerprint density at radius 3 is 1.38 bits per heavy atom. The molecule has 0 fully saturated rings. The van der Waals surface area contributed by atoms with Crippen molar-refractivity contribution in [2.24, 2.45) is 33.2 Å². The number of carbonyl (C=O) groups is 2. The smallest absolute Gasteiger partial charge is 0.320 e. The average Bonchev–Trinajstić information content (AvgIpc) is 2.47. The normalized spacial score (nSPS) is 14.0. The molecule has 0 aliphatic carbocycles. The van der Waals surface area contributed by atoms with Gasteiger partial charge in [-0.25, -0.2) is 0 Å². The zero-order valence-electron chi connectivity index (χ0n) is 13.7. The van der Waals surface area contributed by atoms with Crippen LogP contribution in [-0.4, -0.2) is 59.1 Å². The fraction of sp³-hybridized carbons (Fsp3) is 0.667. The number of nitrogens with two attached hydrogens (primary N) is 4. The first kappa shape index (κ1) is 23.7. The van der Waals surface area contributed by atoms with E-state index in [0.29, 0.717) is 11.7 Å². The summed E-state index contributed by atoms with van der Waals surface area (Å²) in [4.78, 5) is 29.6. The second-order valence-corrected chi connectivity index (χ2v) is 4.60. The van der Waals surface area contributed by atoms with Gasteiger partial charge in [0.2, 0.25) is 0 Å². The number of hydrogen-bond acceptors (Lipinski definition) is 8. The predicted molar refractivity (Wildman–Crippen MR) is 87.0 cm³/mol. The molecule has 0 aliphatic rings. The largest absolute Gasteiger partial charge is 0.480 e. The number of rotatable bonds is 10. The van der Waals surface area contributed by atoms with E-state index in [1.807, 2.05) is 0 Å². The summed E-state index contributed by atoms with van der Waals surface area (Å²) in [7, 11) is 0. The summed E-state index contributed by atoms with van der Waals surface area (Å²) in [6.45, 7) is 3.44. The van der Waals surface area contributed by atoms with Crippen molar-refractivity contribution in [3.05, 3.63) is 0 Å². The molecule has 0 aromatic heterocycles. The van der Waals surface area contributed by atoms with E-state index >= 15 is 0 Å². The van der Waals surface area contributed by atoms with Gasteiger partial charge in [-0.3, -0.25) is 9.59 Å². The van der Waals surface area contributed by atoms with Crippen LogP contribution in [0.1, 0.15) is 26.7 Å². The highest BCUT2D eigenvalue weighted by atomic mass is 16.6. The van der Waals surface area contributed by atoms with Crippen LogP contribution in [0.3, 0.4) is 0 Å². The summed E-state index contributed by atoms with van der Waals surface area (Å²) in [5.41, 5.74) is 20.6. The first-order valence-corrected chi connectivity index (χ1v) is 6.88. The monoisotopic (exact) mass is 350 g/mol. The molecule has 0 radical (unpaired) electrons. The van der Waals surface area contributed by atoms with Crippen LogP contribution in [0.2, 0.25) is 0 Å². The van der Waals surface area contributed by atoms with Gasteiger partial charge in [0.1, 0.15) is 37.0 Å². The van der Waals surface area contributed by atoms with E-state index < -0.39 is 24.0 Å². The van der Waals surface area contributed by atoms with E-state index in [1.165, 1.54) is 0 Å². The van der Waals surface area contributed by atoms with Crippen molar-refractivity contribution in [3.8, 4) is 0 Å². The highest BCUT2D eigenvalue weighted by Gasteiger charge is 2.11. The lowest BCUT2D eigenvalue weighted by atomic mass is 10.2. The van der Waals surface area contributed by atoms with Gasteiger partial charge in [-0.05, 0) is 13.8 Å². The molecular formula is C12H26N6O6. The maximum absolute atomic E-state index is 10.2. The van der Waals surface area contributed by atoms with E-state index in [9.17, 15) is 9.59 Å². The van der Waals surface area contributed by atoms with Crippen LogP contribution < -0.4 is 22.9 Å². The van der Waals surface area contributed by atoms with Gasteiger partial charge in [-0.2, -0.15) is 0 Å². The van der Waals surface area contributed by atoms with E-state index in [0.717, 1.165) is 0 Å². The summed E-state index contributed by atoms with van der Waals surface area (Å²) in [5.74, 6) is -1.52. The van der Waals surface area contributed by atoms with Crippen molar-refractivity contribution in [2.45, 2.75) is 38.8 Å². The van der Waals surface area contributed by atoms with Crippen molar-refractivity contribution in [2.75, 3.05) is 13.2 Å². The molecular weight excluding hydrogens is 324 g/mol. The molecule has 0 aromatic carbocycles. The Kier molecular flexibility index (Phi) is 13.8. The van der Waals surface area contributed by atoms with Crippen LogP contribution in [-0.2, 0) is 19.3 Å². The molecule has 0 spiro atoms. The standard InChI is InChI=1S/2C6H13N3O3/c2*1-4(7)9-12-3-2-5(8)6(10)11/h2*5H,2-3,8H2,1H3,(H2,7,9)(H,10,11)/t2*5-/m00/s1. The van der Waals surface area contributed by atoms with Crippen LogP contribution in [0.5, 0.6) is 0 Å². The minimum Gasteiger partial charge on any atom is -0.480 e. The molecule has 0 rings (SSSR count). The molecule has 0 aliphatic heterocycles. The highest BCUT2D eigenvalue weighted by molar-refractivity contribution is 5.77. The van der Waals surface area contributed by atoms with E-state index in [-0.39, 0.29) is 26.1 Å². The second-order valence-electron chi connectivity index (χ2n) is 4.60. The minimum atomic E-state index is -1.05. The number of amidine groups is 2. The van der Waals surface area contributed by atoms with Gasteiger partial charge >= 0.3 is 11.9 Å². The number of aliphatic carboxylic acids is 2. The third-order valence-corrected chi connectivity index (χ3v) is 2.09. The summed E-state index contributed by atoms with van der Waals surface area (Å²) in [6, 6.07) is -1.81. The van der Waals surface area contributed by atoms with Crippen LogP contribution in [0.4, 0.5) is 0 Å². The van der Waals surface area contributed by atoms with E-state index in [2.05, 4.69) is 20.0 Å². The van der Waals surface area contributed by atoms with Crippen LogP contribution >= 0.6 is 0 Å². The summed E-state index contributed by atoms with van der Waals surface area (Å²) >= 11 is 0. The number of carboxylic acid groups (broad SMARTS) is 2. The molecule has 0 saturated heterocycles. The Labute approximate surface area is 139 Å². The summed E-state index contributed by atoms with van der Waals surface area (Å²) < 4.78 is 0. The maximum Gasteiger partial charge on any atom is 0.320 e. The van der Waals surface area contributed by atoms with Gasteiger partial charge < -0.3 is 42.8 Å². The number of hydrogen-bond donors (Lipinski definition) is 6. The Balaban J connectivity index is 0. The van der Waals surface area contributed by atoms with Crippen molar-refractivity contribution >= 4 is 23.6 Å². The molecule has 24 heavy (non-hydrogen) atoms. The highest BCUT2D eigenvalue weighted by Crippen LogP contribution is 1.90. The zero-order valence-corrected chi connectivity index (χ0v) is 13.7. The molecule has 0 unspecified atom stereocenters. The fourth-order valence-corrected chi connectivity index (χ4v) is 0.901. The van der Waals surface area contributed by atoms with Gasteiger partial charge in [-0.1, -0.05) is 10.3 Å². The SMILES string of the molecule is CC(N)=NOCC[C@H](N)C(=O)O.CC(N)=NOCC[C@H](N)C(=O)O. The first-order valence-electron chi connectivity index (χ1n) is 6.88. The quantitative estimate of drug-likeness (QED) is 0.112. The second kappa shape index (κ2) is 14.0. The lowest BCUT2D eigenvalue weighted by Gasteiger charge is -2.03. The van der Waals surface area contributed by atoms with Gasteiger partial charge in [0, 0.05) is 12.8 Å². The van der Waals surface area contributed by atoms with E-state index in [4.69, 9.17) is 33.1 Å². The zero-order chi connectivity index (χ0) is 19.1. The Morgan fingerprint density at radius 2 is 1.17 bits per heavy atom. The maximum atomic E-state index is 10.2. The van der Waals surface area contributed by atoms with Crippen LogP contribution in [0, 0.1) is 0 Å². The molecule has 0 aromatic rings. The molecule has 0 heterocycles. The topological polar surface area (TPSA) is 222 Å². The van der Waals surface area contributed by atoms with Gasteiger partial charge in [0.05, 0.1) is 0 Å². The van der Waals surface area contributed by atoms with Crippen molar-refractivity contribution in [3.63, 3.8) is 0 Å². The minimum absolute atomic E-state index is 0.155. The molecule has 140 valence electrons. The van der Waals surface area contributed by atoms with Crippen molar-refractivity contribution < 1.29 is 29.5 Å².